The van der Waals surface area contributed by atoms with Crippen LogP contribution < -0.4 is 11.0 Å². The van der Waals surface area contributed by atoms with Crippen LogP contribution in [0.5, 0.6) is 0 Å². The predicted octanol–water partition coefficient (Wildman–Crippen LogP) is 2.72. The summed E-state index contributed by atoms with van der Waals surface area (Å²) in [5.74, 6) is 0. The van der Waals surface area contributed by atoms with Gasteiger partial charge < -0.3 is 5.32 Å². The largest absolute Gasteiger partial charge is 0.328 e. The Morgan fingerprint density at radius 1 is 1.14 bits per heavy atom. The third kappa shape index (κ3) is 2.13. The van der Waals surface area contributed by atoms with Crippen LogP contribution in [-0.2, 0) is 14.1 Å². The average Bonchev–Trinajstić information content (AvgIpc) is 3.00. The topological polar surface area (TPSA) is 39.0 Å². The summed E-state index contributed by atoms with van der Waals surface area (Å²) in [5.41, 5.74) is 3.65. The minimum absolute atomic E-state index is 0.0373. The van der Waals surface area contributed by atoms with Crippen LogP contribution in [0.2, 0.25) is 0 Å². The van der Waals surface area contributed by atoms with Crippen molar-refractivity contribution in [2.45, 2.75) is 38.6 Å². The number of aryl methyl sites for hydroxylation is 2. The fraction of sp³-hybridized carbons (Fsp3) is 0.588. The molecule has 0 amide bonds. The molecule has 1 saturated carbocycles. The number of fused-ring (bicyclic) bond motifs is 1. The molecular formula is C17H25N3O. The van der Waals surface area contributed by atoms with E-state index in [2.05, 4.69) is 30.4 Å². The first kappa shape index (κ1) is 14.4. The second-order valence-electron chi connectivity index (χ2n) is 6.73. The van der Waals surface area contributed by atoms with E-state index in [0.717, 1.165) is 11.0 Å². The number of benzene rings is 1. The molecule has 0 spiro atoms. The third-order valence-corrected chi connectivity index (χ3v) is 5.36. The molecule has 0 radical (unpaired) electrons. The van der Waals surface area contributed by atoms with Crippen LogP contribution in [0.15, 0.2) is 23.0 Å². The monoisotopic (exact) mass is 287 g/mol. The van der Waals surface area contributed by atoms with Crippen molar-refractivity contribution in [3.05, 3.63) is 34.2 Å². The minimum atomic E-state index is 0.0373. The first-order valence-corrected chi connectivity index (χ1v) is 7.80. The highest BCUT2D eigenvalue weighted by atomic mass is 16.1. The van der Waals surface area contributed by atoms with Crippen LogP contribution in [-0.4, -0.2) is 16.2 Å². The second-order valence-corrected chi connectivity index (χ2v) is 6.73. The molecule has 1 aliphatic carbocycles. The van der Waals surface area contributed by atoms with E-state index in [-0.39, 0.29) is 5.69 Å². The lowest BCUT2D eigenvalue weighted by molar-refractivity contribution is 0.234. The first-order valence-electron chi connectivity index (χ1n) is 7.80. The third-order valence-electron chi connectivity index (χ3n) is 5.36. The molecule has 1 heterocycles. The van der Waals surface area contributed by atoms with Crippen LogP contribution in [0.1, 0.15) is 44.2 Å². The molecule has 4 heteroatoms. The molecule has 1 aromatic carbocycles. The van der Waals surface area contributed by atoms with Crippen LogP contribution in [0.4, 0.5) is 0 Å². The van der Waals surface area contributed by atoms with Gasteiger partial charge in [0.2, 0.25) is 0 Å². The molecule has 1 unspecified atom stereocenters. The van der Waals surface area contributed by atoms with Gasteiger partial charge in [-0.25, -0.2) is 4.79 Å². The zero-order valence-electron chi connectivity index (χ0n) is 13.4. The Morgan fingerprint density at radius 2 is 1.76 bits per heavy atom. The Balaban J connectivity index is 2.11. The fourth-order valence-electron chi connectivity index (χ4n) is 4.09. The quantitative estimate of drug-likeness (QED) is 0.942. The maximum absolute atomic E-state index is 12.1. The zero-order chi connectivity index (χ0) is 15.2. The van der Waals surface area contributed by atoms with Crippen molar-refractivity contribution in [3.63, 3.8) is 0 Å². The van der Waals surface area contributed by atoms with Crippen molar-refractivity contribution in [1.29, 1.82) is 0 Å². The minimum Gasteiger partial charge on any atom is -0.313 e. The summed E-state index contributed by atoms with van der Waals surface area (Å²) in [5, 5.41) is 3.51. The summed E-state index contributed by atoms with van der Waals surface area (Å²) in [6.07, 6.45) is 5.18. The van der Waals surface area contributed by atoms with Crippen LogP contribution in [0.3, 0.4) is 0 Å². The van der Waals surface area contributed by atoms with E-state index in [1.807, 2.05) is 21.1 Å². The lowest BCUT2D eigenvalue weighted by Crippen LogP contribution is -2.32. The Morgan fingerprint density at radius 3 is 2.38 bits per heavy atom. The normalized spacial score (nSPS) is 19.2. The van der Waals surface area contributed by atoms with E-state index in [1.54, 1.807) is 9.13 Å². The lowest BCUT2D eigenvalue weighted by atomic mass is 9.77. The highest BCUT2D eigenvalue weighted by Gasteiger charge is 2.37. The van der Waals surface area contributed by atoms with Crippen molar-refractivity contribution in [1.82, 2.24) is 14.5 Å². The molecule has 3 rings (SSSR count). The van der Waals surface area contributed by atoms with Crippen molar-refractivity contribution in [2.75, 3.05) is 7.05 Å². The SMILES string of the molecule is CNC(c1ccc2c(c1)n(C)c(=O)n2C)C1(C)CCCC1. The Labute approximate surface area is 125 Å². The molecule has 1 fully saturated rings. The van der Waals surface area contributed by atoms with Crippen molar-refractivity contribution >= 4 is 11.0 Å². The molecule has 21 heavy (non-hydrogen) atoms. The van der Waals surface area contributed by atoms with E-state index < -0.39 is 0 Å². The van der Waals surface area contributed by atoms with E-state index in [0.29, 0.717) is 11.5 Å². The maximum atomic E-state index is 12.1. The smallest absolute Gasteiger partial charge is 0.313 e. The number of nitrogens with zero attached hydrogens (tertiary/aromatic N) is 2. The van der Waals surface area contributed by atoms with Gasteiger partial charge >= 0.3 is 5.69 Å². The standard InChI is InChI=1S/C17H25N3O/c1-17(9-5-6-10-17)15(18-2)12-7-8-13-14(11-12)20(4)16(21)19(13)3/h7-8,11,15,18H,5-6,9-10H2,1-4H3. The van der Waals surface area contributed by atoms with Crippen molar-refractivity contribution in [3.8, 4) is 0 Å². The maximum Gasteiger partial charge on any atom is 0.328 e. The van der Waals surface area contributed by atoms with Gasteiger partial charge in [0.05, 0.1) is 11.0 Å². The summed E-state index contributed by atoms with van der Waals surface area (Å²) >= 11 is 0. The van der Waals surface area contributed by atoms with Crippen LogP contribution in [0, 0.1) is 5.41 Å². The van der Waals surface area contributed by atoms with Crippen molar-refractivity contribution in [2.24, 2.45) is 19.5 Å². The molecular weight excluding hydrogens is 262 g/mol. The number of hydrogen-bond donors (Lipinski definition) is 1. The molecule has 1 aromatic heterocycles. The first-order chi connectivity index (χ1) is 9.98. The zero-order valence-corrected chi connectivity index (χ0v) is 13.4. The Bertz CT molecular complexity index is 719. The van der Waals surface area contributed by atoms with E-state index in [9.17, 15) is 4.79 Å². The summed E-state index contributed by atoms with van der Waals surface area (Å²) in [7, 11) is 5.72. The number of imidazole rings is 1. The van der Waals surface area contributed by atoms with Gasteiger partial charge in [0.1, 0.15) is 0 Å². The van der Waals surface area contributed by atoms with Gasteiger partial charge in [-0.1, -0.05) is 25.8 Å². The molecule has 4 nitrogen and oxygen atoms in total. The number of nitrogens with one attached hydrogen (secondary N) is 1. The molecule has 0 aliphatic heterocycles. The molecule has 1 aliphatic rings. The van der Waals surface area contributed by atoms with E-state index in [4.69, 9.17) is 0 Å². The van der Waals surface area contributed by atoms with Gasteiger partial charge in [-0.3, -0.25) is 9.13 Å². The van der Waals surface area contributed by atoms with Gasteiger partial charge in [-0.2, -0.15) is 0 Å². The average molecular weight is 287 g/mol. The van der Waals surface area contributed by atoms with Crippen LogP contribution >= 0.6 is 0 Å². The Kier molecular flexibility index (Phi) is 3.44. The molecule has 0 saturated heterocycles. The summed E-state index contributed by atoms with van der Waals surface area (Å²) in [4.78, 5) is 12.1. The number of rotatable bonds is 3. The van der Waals surface area contributed by atoms with Gasteiger partial charge in [0, 0.05) is 20.1 Å². The van der Waals surface area contributed by atoms with Gasteiger partial charge in [-0.15, -0.1) is 0 Å². The lowest BCUT2D eigenvalue weighted by Gasteiger charge is -2.34. The van der Waals surface area contributed by atoms with E-state index >= 15 is 0 Å². The molecule has 0 bridgehead atoms. The summed E-state index contributed by atoms with van der Waals surface area (Å²) in [6.45, 7) is 2.38. The highest BCUT2D eigenvalue weighted by Crippen LogP contribution is 2.47. The summed E-state index contributed by atoms with van der Waals surface area (Å²) < 4.78 is 3.45. The van der Waals surface area contributed by atoms with Gasteiger partial charge in [0.25, 0.3) is 0 Å². The highest BCUT2D eigenvalue weighted by molar-refractivity contribution is 5.77. The van der Waals surface area contributed by atoms with Gasteiger partial charge in [0.15, 0.2) is 0 Å². The molecule has 114 valence electrons. The number of hydrogen-bond acceptors (Lipinski definition) is 2. The predicted molar refractivity (Wildman–Crippen MR) is 86.5 cm³/mol. The molecule has 1 atom stereocenters. The van der Waals surface area contributed by atoms with E-state index in [1.165, 1.54) is 31.2 Å². The molecule has 1 N–H and O–H groups in total. The summed E-state index contributed by atoms with van der Waals surface area (Å²) in [6, 6.07) is 6.78. The molecule has 2 aromatic rings. The number of aromatic nitrogens is 2. The van der Waals surface area contributed by atoms with Crippen LogP contribution in [0.25, 0.3) is 11.0 Å². The van der Waals surface area contributed by atoms with Crippen molar-refractivity contribution < 1.29 is 0 Å². The fourth-order valence-corrected chi connectivity index (χ4v) is 4.09. The second kappa shape index (κ2) is 5.02. The van der Waals surface area contributed by atoms with Gasteiger partial charge in [-0.05, 0) is 43.0 Å². The Hall–Kier alpha value is -1.55.